The van der Waals surface area contributed by atoms with Crippen LogP contribution in [0.3, 0.4) is 0 Å². The summed E-state index contributed by atoms with van der Waals surface area (Å²) in [7, 11) is 3.24. The summed E-state index contributed by atoms with van der Waals surface area (Å²) in [6, 6.07) is 15.6. The summed E-state index contributed by atoms with van der Waals surface area (Å²) < 4.78 is 0.874. The minimum Gasteiger partial charge on any atom is -0.507 e. The van der Waals surface area contributed by atoms with Crippen LogP contribution in [0.25, 0.3) is 10.6 Å². The highest BCUT2D eigenvalue weighted by atomic mass is 33.1. The molecular weight excluding hydrogens is 320 g/mol. The molecule has 0 amide bonds. The summed E-state index contributed by atoms with van der Waals surface area (Å²) in [5.41, 5.74) is 1.98. The highest BCUT2D eigenvalue weighted by molar-refractivity contribution is 8.77. The van der Waals surface area contributed by atoms with Crippen LogP contribution < -0.4 is 0 Å². The van der Waals surface area contributed by atoms with Gasteiger partial charge in [-0.3, -0.25) is 0 Å². The standard InChI is InChI=1S/C15H12N2OS3/c1-10-6-8-11(9-7-10)20-21-15-17-16-14(19-15)12-4-2-3-5-13(12)18/h2-9,18H,1H3. The molecule has 0 atom stereocenters. The Morgan fingerprint density at radius 3 is 2.48 bits per heavy atom. The number of phenolic OH excluding ortho intramolecular Hbond substituents is 1. The van der Waals surface area contributed by atoms with E-state index in [2.05, 4.69) is 41.4 Å². The normalized spacial score (nSPS) is 10.7. The summed E-state index contributed by atoms with van der Waals surface area (Å²) >= 11 is 1.48. The minimum absolute atomic E-state index is 0.233. The summed E-state index contributed by atoms with van der Waals surface area (Å²) in [5, 5.41) is 18.9. The van der Waals surface area contributed by atoms with E-state index >= 15 is 0 Å². The fourth-order valence-corrected chi connectivity index (χ4v) is 4.71. The lowest BCUT2D eigenvalue weighted by Gasteiger charge is -1.98. The van der Waals surface area contributed by atoms with E-state index < -0.39 is 0 Å². The predicted molar refractivity (Wildman–Crippen MR) is 89.9 cm³/mol. The maximum atomic E-state index is 9.83. The molecule has 0 aliphatic rings. The van der Waals surface area contributed by atoms with Gasteiger partial charge in [-0.25, -0.2) is 0 Å². The maximum absolute atomic E-state index is 9.83. The van der Waals surface area contributed by atoms with Gasteiger partial charge in [0.05, 0.1) is 5.56 Å². The number of benzene rings is 2. The molecule has 1 N–H and O–H groups in total. The Morgan fingerprint density at radius 1 is 0.952 bits per heavy atom. The number of para-hydroxylation sites is 1. The van der Waals surface area contributed by atoms with Crippen molar-refractivity contribution in [2.45, 2.75) is 16.2 Å². The molecule has 6 heteroatoms. The van der Waals surface area contributed by atoms with Gasteiger partial charge >= 0.3 is 0 Å². The van der Waals surface area contributed by atoms with Gasteiger partial charge in [0, 0.05) is 4.90 Å². The second-order valence-corrected chi connectivity index (χ2v) is 7.80. The zero-order valence-corrected chi connectivity index (χ0v) is 13.6. The summed E-state index contributed by atoms with van der Waals surface area (Å²) in [4.78, 5) is 1.19. The van der Waals surface area contributed by atoms with Crippen molar-refractivity contribution in [2.24, 2.45) is 0 Å². The van der Waals surface area contributed by atoms with E-state index in [1.54, 1.807) is 33.7 Å². The van der Waals surface area contributed by atoms with Gasteiger partial charge in [0.25, 0.3) is 0 Å². The number of hydrogen-bond donors (Lipinski definition) is 1. The van der Waals surface area contributed by atoms with Gasteiger partial charge in [-0.2, -0.15) is 0 Å². The second-order valence-electron chi connectivity index (χ2n) is 4.37. The molecule has 0 spiro atoms. The van der Waals surface area contributed by atoms with Crippen molar-refractivity contribution in [1.82, 2.24) is 10.2 Å². The molecule has 106 valence electrons. The van der Waals surface area contributed by atoms with Gasteiger partial charge in [0.2, 0.25) is 0 Å². The molecule has 21 heavy (non-hydrogen) atoms. The molecule has 3 nitrogen and oxygen atoms in total. The Balaban J connectivity index is 1.71. The smallest absolute Gasteiger partial charge is 0.185 e. The Hall–Kier alpha value is -1.50. The van der Waals surface area contributed by atoms with Crippen molar-refractivity contribution in [1.29, 1.82) is 0 Å². The Morgan fingerprint density at radius 2 is 1.71 bits per heavy atom. The number of aryl methyl sites for hydroxylation is 1. The topological polar surface area (TPSA) is 46.0 Å². The van der Waals surface area contributed by atoms with Crippen LogP contribution in [-0.2, 0) is 0 Å². The molecule has 0 aliphatic heterocycles. The molecule has 1 heterocycles. The van der Waals surface area contributed by atoms with Crippen molar-refractivity contribution in [2.75, 3.05) is 0 Å². The first-order chi connectivity index (χ1) is 10.2. The van der Waals surface area contributed by atoms with Crippen molar-refractivity contribution in [3.63, 3.8) is 0 Å². The third kappa shape index (κ3) is 3.58. The maximum Gasteiger partial charge on any atom is 0.185 e. The summed E-state index contributed by atoms with van der Waals surface area (Å²) in [6.45, 7) is 2.07. The van der Waals surface area contributed by atoms with Crippen molar-refractivity contribution in [3.8, 4) is 16.3 Å². The van der Waals surface area contributed by atoms with Crippen LogP contribution in [0.1, 0.15) is 5.56 Å². The first kappa shape index (κ1) is 14.4. The quantitative estimate of drug-likeness (QED) is 0.680. The monoisotopic (exact) mass is 332 g/mol. The fraction of sp³-hybridized carbons (Fsp3) is 0.0667. The number of hydrogen-bond acceptors (Lipinski definition) is 6. The molecule has 3 aromatic rings. The SMILES string of the molecule is Cc1ccc(SSc2nnc(-c3ccccc3O)s2)cc1. The van der Waals surface area contributed by atoms with Crippen LogP contribution in [0, 0.1) is 6.92 Å². The average Bonchev–Trinajstić information content (AvgIpc) is 2.96. The molecule has 2 aromatic carbocycles. The molecule has 0 saturated carbocycles. The van der Waals surface area contributed by atoms with Crippen LogP contribution >= 0.6 is 32.9 Å². The van der Waals surface area contributed by atoms with E-state index in [4.69, 9.17) is 0 Å². The number of aromatic nitrogens is 2. The number of rotatable bonds is 4. The predicted octanol–water partition coefficient (Wildman–Crippen LogP) is 5.02. The number of aromatic hydroxyl groups is 1. The zero-order chi connectivity index (χ0) is 14.7. The molecule has 0 fully saturated rings. The third-order valence-electron chi connectivity index (χ3n) is 2.77. The molecular formula is C15H12N2OS3. The van der Waals surface area contributed by atoms with Gasteiger partial charge in [-0.05, 0) is 42.0 Å². The largest absolute Gasteiger partial charge is 0.507 e. The first-order valence-corrected chi connectivity index (χ1v) is 9.22. The molecule has 0 unspecified atom stereocenters. The zero-order valence-electron chi connectivity index (χ0n) is 11.2. The number of phenols is 1. The fourth-order valence-electron chi connectivity index (χ4n) is 1.68. The van der Waals surface area contributed by atoms with Gasteiger partial charge in [0.15, 0.2) is 9.35 Å². The van der Waals surface area contributed by atoms with Crippen LogP contribution in [0.2, 0.25) is 0 Å². The first-order valence-electron chi connectivity index (χ1n) is 6.25. The lowest BCUT2D eigenvalue weighted by Crippen LogP contribution is -1.77. The molecule has 0 radical (unpaired) electrons. The van der Waals surface area contributed by atoms with E-state index in [-0.39, 0.29) is 5.75 Å². The van der Waals surface area contributed by atoms with E-state index in [1.165, 1.54) is 21.8 Å². The molecule has 1 aromatic heterocycles. The Kier molecular flexibility index (Phi) is 4.48. The van der Waals surface area contributed by atoms with E-state index in [1.807, 2.05) is 12.1 Å². The van der Waals surface area contributed by atoms with Crippen LogP contribution in [-0.4, -0.2) is 15.3 Å². The molecule has 0 saturated heterocycles. The van der Waals surface area contributed by atoms with E-state index in [0.717, 1.165) is 14.9 Å². The Labute approximate surface area is 134 Å². The third-order valence-corrected chi connectivity index (χ3v) is 6.41. The van der Waals surface area contributed by atoms with E-state index in [0.29, 0.717) is 0 Å². The van der Waals surface area contributed by atoms with Crippen LogP contribution in [0.5, 0.6) is 5.75 Å². The summed E-state index contributed by atoms with van der Waals surface area (Å²) in [6.07, 6.45) is 0. The summed E-state index contributed by atoms with van der Waals surface area (Å²) in [5.74, 6) is 0.233. The second kappa shape index (κ2) is 6.51. The highest BCUT2D eigenvalue weighted by Crippen LogP contribution is 2.41. The highest BCUT2D eigenvalue weighted by Gasteiger charge is 2.11. The molecule has 0 bridgehead atoms. The van der Waals surface area contributed by atoms with Gasteiger partial charge in [0.1, 0.15) is 5.75 Å². The Bertz CT molecular complexity index is 741. The van der Waals surface area contributed by atoms with Crippen molar-refractivity contribution >= 4 is 32.9 Å². The van der Waals surface area contributed by atoms with Crippen LogP contribution in [0.4, 0.5) is 0 Å². The average molecular weight is 332 g/mol. The van der Waals surface area contributed by atoms with E-state index in [9.17, 15) is 5.11 Å². The van der Waals surface area contributed by atoms with Crippen LogP contribution in [0.15, 0.2) is 57.8 Å². The van der Waals surface area contributed by atoms with Crippen molar-refractivity contribution in [3.05, 3.63) is 54.1 Å². The van der Waals surface area contributed by atoms with Gasteiger partial charge < -0.3 is 5.11 Å². The lowest BCUT2D eigenvalue weighted by atomic mass is 10.2. The lowest BCUT2D eigenvalue weighted by molar-refractivity contribution is 0.477. The molecule has 3 rings (SSSR count). The number of nitrogens with zero attached hydrogens (tertiary/aromatic N) is 2. The van der Waals surface area contributed by atoms with Gasteiger partial charge in [-0.1, -0.05) is 52.0 Å². The minimum atomic E-state index is 0.233. The van der Waals surface area contributed by atoms with Crippen molar-refractivity contribution < 1.29 is 5.11 Å². The molecule has 0 aliphatic carbocycles. The van der Waals surface area contributed by atoms with Gasteiger partial charge in [-0.15, -0.1) is 10.2 Å².